The van der Waals surface area contributed by atoms with Crippen LogP contribution >= 0.6 is 11.8 Å². The second-order valence-electron chi connectivity index (χ2n) is 7.51. The largest absolute Gasteiger partial charge is 0.481 e. The maximum absolute atomic E-state index is 12.7. The molecule has 34 heavy (non-hydrogen) atoms. The van der Waals surface area contributed by atoms with E-state index >= 15 is 0 Å². The van der Waals surface area contributed by atoms with E-state index in [2.05, 4.69) is 16.0 Å². The van der Waals surface area contributed by atoms with Crippen LogP contribution in [-0.2, 0) is 28.8 Å². The molecule has 0 aliphatic carbocycles. The molecule has 0 heterocycles. The van der Waals surface area contributed by atoms with E-state index in [0.717, 1.165) is 0 Å². The number of carboxylic acid groups (broad SMARTS) is 2. The molecule has 0 aliphatic rings. The fourth-order valence-corrected chi connectivity index (χ4v) is 3.13. The molecule has 0 saturated heterocycles. The molecule has 0 radical (unpaired) electrons. The highest BCUT2D eigenvalue weighted by molar-refractivity contribution is 7.98. The third-order valence-electron chi connectivity index (χ3n) is 4.61. The van der Waals surface area contributed by atoms with Crippen molar-refractivity contribution in [3.8, 4) is 0 Å². The number of nitrogens with one attached hydrogen (secondary N) is 3. The van der Waals surface area contributed by atoms with Crippen LogP contribution in [0.5, 0.6) is 0 Å². The minimum atomic E-state index is -1.57. The molecule has 0 spiro atoms. The van der Waals surface area contributed by atoms with Crippen LogP contribution < -0.4 is 27.4 Å². The predicted molar refractivity (Wildman–Crippen MR) is 121 cm³/mol. The second kappa shape index (κ2) is 15.8. The first-order valence-electron chi connectivity index (χ1n) is 10.4. The van der Waals surface area contributed by atoms with E-state index in [1.165, 1.54) is 18.7 Å². The summed E-state index contributed by atoms with van der Waals surface area (Å²) in [6.07, 6.45) is -0.780. The van der Waals surface area contributed by atoms with Crippen LogP contribution in [0.3, 0.4) is 0 Å². The van der Waals surface area contributed by atoms with E-state index in [-0.39, 0.29) is 25.7 Å². The van der Waals surface area contributed by atoms with Gasteiger partial charge in [-0.3, -0.25) is 24.0 Å². The van der Waals surface area contributed by atoms with Crippen LogP contribution in [-0.4, -0.2) is 93.2 Å². The predicted octanol–water partition coefficient (Wildman–Crippen LogP) is -2.88. The monoisotopic (exact) mass is 507 g/mol. The fourth-order valence-electron chi connectivity index (χ4n) is 2.66. The molecule has 0 aromatic carbocycles. The number of thioether (sulfide) groups is 1. The minimum absolute atomic E-state index is 0.0946. The summed E-state index contributed by atoms with van der Waals surface area (Å²) in [7, 11) is 0. The molecule has 194 valence electrons. The van der Waals surface area contributed by atoms with Crippen LogP contribution in [0.15, 0.2) is 0 Å². The van der Waals surface area contributed by atoms with Crippen molar-refractivity contribution in [2.75, 3.05) is 12.0 Å². The molecule has 0 fully saturated rings. The van der Waals surface area contributed by atoms with E-state index in [0.29, 0.717) is 5.75 Å². The second-order valence-corrected chi connectivity index (χ2v) is 8.50. The van der Waals surface area contributed by atoms with Crippen molar-refractivity contribution in [2.24, 2.45) is 11.5 Å². The summed E-state index contributed by atoms with van der Waals surface area (Å²) >= 11 is 1.36. The van der Waals surface area contributed by atoms with Crippen LogP contribution in [0.4, 0.5) is 0 Å². The topological polar surface area (TPSA) is 251 Å². The number of nitrogens with two attached hydrogens (primary N) is 2. The Kier molecular flexibility index (Phi) is 14.5. The number of aliphatic hydroxyl groups excluding tert-OH is 1. The standard InChI is InChI=1S/C19H33N5O9S/c1-9(25)15(24-16(29)10(20)3-5-13(21)26)18(31)22-11(4-6-14(27)28)17(30)23-12(19(32)33)7-8-34-2/h9-12,15,25H,3-8,20H2,1-2H3,(H2,21,26)(H,22,31)(H,23,30)(H,24,29)(H,27,28)(H,32,33). The van der Waals surface area contributed by atoms with Crippen molar-refractivity contribution in [1.29, 1.82) is 0 Å². The van der Waals surface area contributed by atoms with Gasteiger partial charge >= 0.3 is 11.9 Å². The zero-order chi connectivity index (χ0) is 26.4. The Morgan fingerprint density at radius 3 is 1.91 bits per heavy atom. The van der Waals surface area contributed by atoms with Gasteiger partial charge in [-0.25, -0.2) is 4.79 Å². The van der Waals surface area contributed by atoms with Crippen molar-refractivity contribution in [2.45, 2.75) is 69.3 Å². The molecule has 4 amide bonds. The Balaban J connectivity index is 5.43. The van der Waals surface area contributed by atoms with Crippen molar-refractivity contribution >= 4 is 47.3 Å². The Bertz CT molecular complexity index is 750. The van der Waals surface area contributed by atoms with Gasteiger partial charge in [0, 0.05) is 12.8 Å². The summed E-state index contributed by atoms with van der Waals surface area (Å²) < 4.78 is 0. The highest BCUT2D eigenvalue weighted by atomic mass is 32.2. The number of aliphatic carboxylic acids is 2. The van der Waals surface area contributed by atoms with Gasteiger partial charge in [-0.05, 0) is 38.2 Å². The van der Waals surface area contributed by atoms with Crippen LogP contribution in [0.2, 0.25) is 0 Å². The lowest BCUT2D eigenvalue weighted by molar-refractivity contribution is -0.143. The molecule has 0 rings (SSSR count). The number of carbonyl (C=O) groups excluding carboxylic acids is 4. The van der Waals surface area contributed by atoms with E-state index in [1.807, 2.05) is 0 Å². The minimum Gasteiger partial charge on any atom is -0.481 e. The lowest BCUT2D eigenvalue weighted by Gasteiger charge is -2.26. The number of carboxylic acids is 2. The van der Waals surface area contributed by atoms with Gasteiger partial charge in [-0.1, -0.05) is 0 Å². The Morgan fingerprint density at radius 2 is 1.44 bits per heavy atom. The SMILES string of the molecule is CSCCC(NC(=O)C(CCC(=O)O)NC(=O)C(NC(=O)C(N)CCC(N)=O)C(C)O)C(=O)O. The van der Waals surface area contributed by atoms with Gasteiger partial charge in [0.1, 0.15) is 18.1 Å². The van der Waals surface area contributed by atoms with Gasteiger partial charge in [0.2, 0.25) is 23.6 Å². The Labute approximate surface area is 200 Å². The molecule has 0 bridgehead atoms. The van der Waals surface area contributed by atoms with Gasteiger partial charge < -0.3 is 42.7 Å². The number of carbonyl (C=O) groups is 6. The number of hydrogen-bond acceptors (Lipinski definition) is 9. The third-order valence-corrected chi connectivity index (χ3v) is 5.25. The normalized spacial score (nSPS) is 15.2. The molecular formula is C19H33N5O9S. The molecule has 5 unspecified atom stereocenters. The van der Waals surface area contributed by atoms with Crippen LogP contribution in [0.25, 0.3) is 0 Å². The summed E-state index contributed by atoms with van der Waals surface area (Å²) in [5, 5.41) is 34.9. The number of amides is 4. The summed E-state index contributed by atoms with van der Waals surface area (Å²) in [6, 6.07) is -5.50. The quantitative estimate of drug-likeness (QED) is 0.0992. The molecular weight excluding hydrogens is 474 g/mol. The summed E-state index contributed by atoms with van der Waals surface area (Å²) in [5.74, 6) is -5.64. The number of rotatable bonds is 17. The number of primary amides is 1. The number of hydrogen-bond donors (Lipinski definition) is 8. The molecule has 5 atom stereocenters. The lowest BCUT2D eigenvalue weighted by Crippen LogP contribution is -2.59. The third kappa shape index (κ3) is 12.4. The van der Waals surface area contributed by atoms with Gasteiger partial charge in [-0.15, -0.1) is 0 Å². The molecule has 0 saturated carbocycles. The van der Waals surface area contributed by atoms with Crippen molar-refractivity contribution in [3.63, 3.8) is 0 Å². The van der Waals surface area contributed by atoms with Crippen molar-refractivity contribution in [1.82, 2.24) is 16.0 Å². The van der Waals surface area contributed by atoms with Gasteiger partial charge in [0.15, 0.2) is 0 Å². The summed E-state index contributed by atoms with van der Waals surface area (Å²) in [6.45, 7) is 1.19. The maximum Gasteiger partial charge on any atom is 0.326 e. The first kappa shape index (κ1) is 31.1. The molecule has 15 heteroatoms. The molecule has 0 aliphatic heterocycles. The van der Waals surface area contributed by atoms with Crippen molar-refractivity contribution in [3.05, 3.63) is 0 Å². The molecule has 10 N–H and O–H groups in total. The summed E-state index contributed by atoms with van der Waals surface area (Å²) in [4.78, 5) is 70.8. The Hall–Kier alpha value is -2.91. The lowest BCUT2D eigenvalue weighted by atomic mass is 10.1. The van der Waals surface area contributed by atoms with E-state index in [9.17, 15) is 39.0 Å². The average Bonchev–Trinajstić information content (AvgIpc) is 2.74. The molecule has 0 aromatic rings. The summed E-state index contributed by atoms with van der Waals surface area (Å²) in [5.41, 5.74) is 10.7. The van der Waals surface area contributed by atoms with Gasteiger partial charge in [0.05, 0.1) is 12.1 Å². The first-order valence-corrected chi connectivity index (χ1v) is 11.8. The van der Waals surface area contributed by atoms with E-state index in [4.69, 9.17) is 16.6 Å². The smallest absolute Gasteiger partial charge is 0.326 e. The van der Waals surface area contributed by atoms with Crippen LogP contribution in [0.1, 0.15) is 39.0 Å². The zero-order valence-corrected chi connectivity index (χ0v) is 19.8. The molecule has 14 nitrogen and oxygen atoms in total. The highest BCUT2D eigenvalue weighted by Crippen LogP contribution is 2.06. The van der Waals surface area contributed by atoms with Gasteiger partial charge in [-0.2, -0.15) is 11.8 Å². The molecule has 0 aromatic heterocycles. The highest BCUT2D eigenvalue weighted by Gasteiger charge is 2.32. The van der Waals surface area contributed by atoms with Crippen LogP contribution in [0, 0.1) is 0 Å². The maximum atomic E-state index is 12.7. The Morgan fingerprint density at radius 1 is 0.853 bits per heavy atom. The first-order chi connectivity index (χ1) is 15.8. The van der Waals surface area contributed by atoms with Gasteiger partial charge in [0.25, 0.3) is 0 Å². The van der Waals surface area contributed by atoms with E-state index < -0.39 is 72.3 Å². The zero-order valence-electron chi connectivity index (χ0n) is 19.0. The van der Waals surface area contributed by atoms with Crippen molar-refractivity contribution < 1.29 is 44.1 Å². The average molecular weight is 508 g/mol. The fraction of sp³-hybridized carbons (Fsp3) is 0.684. The van der Waals surface area contributed by atoms with E-state index in [1.54, 1.807) is 6.26 Å². The number of aliphatic hydroxyl groups is 1.